The van der Waals surface area contributed by atoms with Crippen LogP contribution < -0.4 is 5.32 Å². The zero-order chi connectivity index (χ0) is 21.3. The second-order valence-corrected chi connectivity index (χ2v) is 8.49. The standard InChI is InChI=1S/C24H34N4O2/c1-18(29)9-5-3-8-12-21(27-24(30)20-13-15-28(2)16-14-20)23-25-17-22(26-23)19-10-6-4-7-11-19/h4,6-7,10-11,17,20-21H,3,5,8-9,12-16H2,1-2H3,(H,25,26)(H,27,30). The van der Waals surface area contributed by atoms with Crippen molar-refractivity contribution in [3.8, 4) is 11.3 Å². The van der Waals surface area contributed by atoms with E-state index in [-0.39, 0.29) is 23.7 Å². The Balaban J connectivity index is 1.65. The Kier molecular flexibility index (Phi) is 8.20. The summed E-state index contributed by atoms with van der Waals surface area (Å²) in [6, 6.07) is 9.96. The van der Waals surface area contributed by atoms with E-state index in [9.17, 15) is 9.59 Å². The van der Waals surface area contributed by atoms with Gasteiger partial charge in [0.25, 0.3) is 0 Å². The molecule has 1 aliphatic heterocycles. The number of ketones is 1. The number of imidazole rings is 1. The van der Waals surface area contributed by atoms with Crippen molar-refractivity contribution in [2.75, 3.05) is 20.1 Å². The number of aromatic nitrogens is 2. The summed E-state index contributed by atoms with van der Waals surface area (Å²) < 4.78 is 0. The van der Waals surface area contributed by atoms with Crippen LogP contribution >= 0.6 is 0 Å². The first-order chi connectivity index (χ1) is 14.5. The molecule has 1 fully saturated rings. The smallest absolute Gasteiger partial charge is 0.223 e. The molecule has 0 bridgehead atoms. The van der Waals surface area contributed by atoms with Crippen LogP contribution in [-0.2, 0) is 9.59 Å². The van der Waals surface area contributed by atoms with Crippen LogP contribution in [-0.4, -0.2) is 46.7 Å². The Morgan fingerprint density at radius 1 is 1.17 bits per heavy atom. The molecule has 6 nitrogen and oxygen atoms in total. The van der Waals surface area contributed by atoms with Gasteiger partial charge in [-0.2, -0.15) is 0 Å². The lowest BCUT2D eigenvalue weighted by molar-refractivity contribution is -0.127. The lowest BCUT2D eigenvalue weighted by Gasteiger charge is -2.29. The molecule has 2 heterocycles. The summed E-state index contributed by atoms with van der Waals surface area (Å²) in [4.78, 5) is 34.4. The van der Waals surface area contributed by atoms with Gasteiger partial charge >= 0.3 is 0 Å². The summed E-state index contributed by atoms with van der Waals surface area (Å²) in [5, 5.41) is 3.26. The van der Waals surface area contributed by atoms with Gasteiger partial charge in [-0.25, -0.2) is 4.98 Å². The molecule has 6 heteroatoms. The first-order valence-electron chi connectivity index (χ1n) is 11.1. The predicted octanol–water partition coefficient (Wildman–Crippen LogP) is 4.12. The third kappa shape index (κ3) is 6.52. The highest BCUT2D eigenvalue weighted by atomic mass is 16.2. The Morgan fingerprint density at radius 2 is 1.90 bits per heavy atom. The molecule has 0 spiro atoms. The maximum Gasteiger partial charge on any atom is 0.223 e. The number of likely N-dealkylation sites (tertiary alicyclic amines) is 1. The number of nitrogens with zero attached hydrogens (tertiary/aromatic N) is 2. The molecule has 1 atom stereocenters. The number of aromatic amines is 1. The quantitative estimate of drug-likeness (QED) is 0.578. The number of piperidine rings is 1. The molecule has 1 aliphatic rings. The van der Waals surface area contributed by atoms with Gasteiger partial charge in [0.2, 0.25) is 5.91 Å². The largest absolute Gasteiger partial charge is 0.346 e. The Bertz CT molecular complexity index is 810. The van der Waals surface area contributed by atoms with Gasteiger partial charge in [-0.3, -0.25) is 4.79 Å². The van der Waals surface area contributed by atoms with Gasteiger partial charge in [0.15, 0.2) is 0 Å². The van der Waals surface area contributed by atoms with Crippen LogP contribution in [0.25, 0.3) is 11.3 Å². The lowest BCUT2D eigenvalue weighted by Crippen LogP contribution is -2.40. The molecule has 30 heavy (non-hydrogen) atoms. The Morgan fingerprint density at radius 3 is 2.60 bits per heavy atom. The number of nitrogens with one attached hydrogen (secondary N) is 2. The SMILES string of the molecule is CC(=O)CCCCCC(NC(=O)C1CCN(C)CC1)c1ncc(-c2ccccc2)[nH]1. The molecule has 0 radical (unpaired) electrons. The van der Waals surface area contributed by atoms with Crippen LogP contribution in [0.2, 0.25) is 0 Å². The first-order valence-corrected chi connectivity index (χ1v) is 11.1. The van der Waals surface area contributed by atoms with Crippen LogP contribution in [0.15, 0.2) is 36.5 Å². The fourth-order valence-corrected chi connectivity index (χ4v) is 4.01. The second-order valence-electron chi connectivity index (χ2n) is 8.49. The van der Waals surface area contributed by atoms with E-state index in [2.05, 4.69) is 27.2 Å². The van der Waals surface area contributed by atoms with Crippen LogP contribution in [0.3, 0.4) is 0 Å². The maximum absolute atomic E-state index is 12.9. The summed E-state index contributed by atoms with van der Waals surface area (Å²) >= 11 is 0. The summed E-state index contributed by atoms with van der Waals surface area (Å²) in [5.74, 6) is 1.25. The minimum atomic E-state index is -0.132. The fourth-order valence-electron chi connectivity index (χ4n) is 4.01. The molecular formula is C24H34N4O2. The molecule has 1 unspecified atom stereocenters. The van der Waals surface area contributed by atoms with E-state index >= 15 is 0 Å². The molecule has 0 aliphatic carbocycles. The summed E-state index contributed by atoms with van der Waals surface area (Å²) in [6.45, 7) is 3.57. The molecule has 3 rings (SSSR count). The van der Waals surface area contributed by atoms with Gasteiger partial charge in [-0.05, 0) is 58.3 Å². The average molecular weight is 411 g/mol. The van der Waals surface area contributed by atoms with E-state index in [1.54, 1.807) is 6.92 Å². The van der Waals surface area contributed by atoms with Gasteiger partial charge in [-0.1, -0.05) is 43.2 Å². The normalized spacial score (nSPS) is 16.3. The van der Waals surface area contributed by atoms with Crippen LogP contribution in [0.5, 0.6) is 0 Å². The van der Waals surface area contributed by atoms with Crippen molar-refractivity contribution in [3.63, 3.8) is 0 Å². The number of unbranched alkanes of at least 4 members (excludes halogenated alkanes) is 2. The van der Waals surface area contributed by atoms with Gasteiger partial charge in [0.1, 0.15) is 11.6 Å². The molecule has 2 aromatic rings. The highest BCUT2D eigenvalue weighted by Crippen LogP contribution is 2.24. The zero-order valence-corrected chi connectivity index (χ0v) is 18.2. The molecule has 1 saturated heterocycles. The van der Waals surface area contributed by atoms with Gasteiger partial charge < -0.3 is 20.0 Å². The van der Waals surface area contributed by atoms with Crippen LogP contribution in [0.1, 0.15) is 63.7 Å². The topological polar surface area (TPSA) is 78.1 Å². The number of carbonyl (C=O) groups excluding carboxylic acids is 2. The number of amides is 1. The molecular weight excluding hydrogens is 376 g/mol. The van der Waals surface area contributed by atoms with Crippen molar-refractivity contribution < 1.29 is 9.59 Å². The Labute approximate surface area is 179 Å². The number of benzene rings is 1. The highest BCUT2D eigenvalue weighted by molar-refractivity contribution is 5.79. The molecule has 162 valence electrons. The number of Topliss-reactive ketones (excluding diaryl/α,β-unsaturated/α-hetero) is 1. The predicted molar refractivity (Wildman–Crippen MR) is 119 cm³/mol. The number of H-pyrrole nitrogens is 1. The van der Waals surface area contributed by atoms with Crippen LogP contribution in [0.4, 0.5) is 0 Å². The second kappa shape index (κ2) is 11.1. The highest BCUT2D eigenvalue weighted by Gasteiger charge is 2.26. The molecule has 1 amide bonds. The van der Waals surface area contributed by atoms with Gasteiger partial charge in [-0.15, -0.1) is 0 Å². The van der Waals surface area contributed by atoms with Gasteiger partial charge in [0.05, 0.1) is 17.9 Å². The van der Waals surface area contributed by atoms with E-state index < -0.39 is 0 Å². The van der Waals surface area contributed by atoms with E-state index in [4.69, 9.17) is 0 Å². The van der Waals surface area contributed by atoms with E-state index in [0.29, 0.717) is 6.42 Å². The van der Waals surface area contributed by atoms with E-state index in [1.165, 1.54) is 0 Å². The van der Waals surface area contributed by atoms with Crippen molar-refractivity contribution >= 4 is 11.7 Å². The minimum Gasteiger partial charge on any atom is -0.346 e. The molecule has 1 aromatic heterocycles. The maximum atomic E-state index is 12.9. The average Bonchev–Trinajstić information content (AvgIpc) is 3.23. The third-order valence-electron chi connectivity index (χ3n) is 5.94. The van der Waals surface area contributed by atoms with Gasteiger partial charge in [0, 0.05) is 12.3 Å². The number of hydrogen-bond acceptors (Lipinski definition) is 4. The fraction of sp³-hybridized carbons (Fsp3) is 0.542. The summed E-state index contributed by atoms with van der Waals surface area (Å²) in [5.41, 5.74) is 2.04. The first kappa shape index (κ1) is 22.2. The van der Waals surface area contributed by atoms with Crippen molar-refractivity contribution in [2.45, 2.75) is 57.9 Å². The van der Waals surface area contributed by atoms with E-state index in [1.807, 2.05) is 36.5 Å². The van der Waals surface area contributed by atoms with Crippen molar-refractivity contribution in [1.29, 1.82) is 0 Å². The number of hydrogen-bond donors (Lipinski definition) is 2. The zero-order valence-electron chi connectivity index (χ0n) is 18.2. The monoisotopic (exact) mass is 410 g/mol. The molecule has 1 aromatic carbocycles. The van der Waals surface area contributed by atoms with Crippen molar-refractivity contribution in [2.24, 2.45) is 5.92 Å². The Hall–Kier alpha value is -2.47. The number of carbonyl (C=O) groups is 2. The van der Waals surface area contributed by atoms with Crippen molar-refractivity contribution in [3.05, 3.63) is 42.4 Å². The summed E-state index contributed by atoms with van der Waals surface area (Å²) in [7, 11) is 2.10. The van der Waals surface area contributed by atoms with E-state index in [0.717, 1.165) is 68.7 Å². The lowest BCUT2D eigenvalue weighted by atomic mass is 9.95. The van der Waals surface area contributed by atoms with Crippen molar-refractivity contribution in [1.82, 2.24) is 20.2 Å². The summed E-state index contributed by atoms with van der Waals surface area (Å²) in [6.07, 6.45) is 7.93. The van der Waals surface area contributed by atoms with Crippen LogP contribution in [0, 0.1) is 5.92 Å². The third-order valence-corrected chi connectivity index (χ3v) is 5.94. The minimum absolute atomic E-state index is 0.0740. The number of rotatable bonds is 10. The molecule has 0 saturated carbocycles. The molecule has 2 N–H and O–H groups in total.